The lowest BCUT2D eigenvalue weighted by Crippen LogP contribution is -2.31. The van der Waals surface area contributed by atoms with Crippen LogP contribution in [-0.4, -0.2) is 22.6 Å². The van der Waals surface area contributed by atoms with Gasteiger partial charge in [-0.05, 0) is 31.1 Å². The van der Waals surface area contributed by atoms with Crippen LogP contribution in [0.15, 0.2) is 10.9 Å². The number of carbonyl (C=O) groups is 1. The maximum absolute atomic E-state index is 12.6. The molecule has 1 N–H and O–H groups in total. The molecule has 0 aromatic carbocycles. The van der Waals surface area contributed by atoms with Gasteiger partial charge in [0.05, 0.1) is 12.5 Å². The standard InChI is InChI=1S/C13H16N2O3S2/c1-4-7-6-8-10(20-7)14-13(19)15(11(8)16)9(5-2)12(17)18-3/h6,9H,4-5H2,1-3H3,(H,14,19). The Hall–Kier alpha value is -1.47. The maximum Gasteiger partial charge on any atom is 0.329 e. The van der Waals surface area contributed by atoms with Crippen LogP contribution < -0.4 is 5.56 Å². The second-order valence-electron chi connectivity index (χ2n) is 4.36. The summed E-state index contributed by atoms with van der Waals surface area (Å²) in [5.41, 5.74) is -0.239. The number of ether oxygens (including phenoxy) is 1. The van der Waals surface area contributed by atoms with Crippen LogP contribution >= 0.6 is 23.6 Å². The highest BCUT2D eigenvalue weighted by Gasteiger charge is 2.23. The Labute approximate surface area is 125 Å². The molecule has 0 aliphatic carbocycles. The van der Waals surface area contributed by atoms with Crippen molar-refractivity contribution in [2.45, 2.75) is 32.7 Å². The second-order valence-corrected chi connectivity index (χ2v) is 5.89. The van der Waals surface area contributed by atoms with E-state index in [1.807, 2.05) is 19.9 Å². The Morgan fingerprint density at radius 3 is 2.80 bits per heavy atom. The average molecular weight is 312 g/mol. The van der Waals surface area contributed by atoms with Gasteiger partial charge in [-0.15, -0.1) is 11.3 Å². The van der Waals surface area contributed by atoms with Crippen molar-refractivity contribution >= 4 is 39.7 Å². The Kier molecular flexibility index (Phi) is 4.39. The molecule has 0 amide bonds. The Balaban J connectivity index is 2.73. The zero-order chi connectivity index (χ0) is 14.9. The highest BCUT2D eigenvalue weighted by molar-refractivity contribution is 7.71. The van der Waals surface area contributed by atoms with Gasteiger partial charge in [-0.3, -0.25) is 9.36 Å². The van der Waals surface area contributed by atoms with Crippen LogP contribution in [-0.2, 0) is 16.0 Å². The summed E-state index contributed by atoms with van der Waals surface area (Å²) in [6.45, 7) is 3.85. The van der Waals surface area contributed by atoms with Gasteiger partial charge in [0, 0.05) is 4.88 Å². The number of hydrogen-bond acceptors (Lipinski definition) is 5. The molecule has 2 aromatic heterocycles. The predicted octanol–water partition coefficient (Wildman–Crippen LogP) is 2.81. The molecule has 5 nitrogen and oxygen atoms in total. The van der Waals surface area contributed by atoms with Crippen LogP contribution in [0.5, 0.6) is 0 Å². The number of H-pyrrole nitrogens is 1. The molecular weight excluding hydrogens is 296 g/mol. The molecule has 2 aromatic rings. The number of carbonyl (C=O) groups excluding carboxylic acids is 1. The van der Waals surface area contributed by atoms with Crippen molar-refractivity contribution in [2.75, 3.05) is 7.11 Å². The lowest BCUT2D eigenvalue weighted by atomic mass is 10.2. The Morgan fingerprint density at radius 1 is 1.55 bits per heavy atom. The summed E-state index contributed by atoms with van der Waals surface area (Å²) in [5.74, 6) is -0.459. The summed E-state index contributed by atoms with van der Waals surface area (Å²) in [5, 5.41) is 0.572. The van der Waals surface area contributed by atoms with E-state index in [0.717, 1.165) is 16.1 Å². The predicted molar refractivity (Wildman–Crippen MR) is 82.0 cm³/mol. The minimum atomic E-state index is -0.689. The maximum atomic E-state index is 12.6. The number of esters is 1. The Bertz CT molecular complexity index is 757. The summed E-state index contributed by atoms with van der Waals surface area (Å²) in [4.78, 5) is 29.3. The van der Waals surface area contributed by atoms with E-state index in [-0.39, 0.29) is 10.3 Å². The Morgan fingerprint density at radius 2 is 2.25 bits per heavy atom. The number of aromatic nitrogens is 2. The molecule has 0 aliphatic rings. The van der Waals surface area contributed by atoms with E-state index < -0.39 is 12.0 Å². The van der Waals surface area contributed by atoms with Crippen molar-refractivity contribution in [2.24, 2.45) is 0 Å². The zero-order valence-electron chi connectivity index (χ0n) is 11.6. The monoisotopic (exact) mass is 312 g/mol. The molecule has 0 bridgehead atoms. The second kappa shape index (κ2) is 5.88. The van der Waals surface area contributed by atoms with Crippen molar-refractivity contribution in [1.82, 2.24) is 9.55 Å². The molecule has 1 unspecified atom stereocenters. The lowest BCUT2D eigenvalue weighted by Gasteiger charge is -2.15. The molecule has 1 atom stereocenters. The molecule has 7 heteroatoms. The van der Waals surface area contributed by atoms with Crippen LogP contribution in [0.3, 0.4) is 0 Å². The molecule has 0 radical (unpaired) electrons. The largest absolute Gasteiger partial charge is 0.467 e. The third kappa shape index (κ3) is 2.43. The highest BCUT2D eigenvalue weighted by Crippen LogP contribution is 2.22. The van der Waals surface area contributed by atoms with E-state index in [2.05, 4.69) is 4.98 Å². The first-order valence-electron chi connectivity index (χ1n) is 6.38. The smallest absolute Gasteiger partial charge is 0.329 e. The van der Waals surface area contributed by atoms with E-state index >= 15 is 0 Å². The topological polar surface area (TPSA) is 64.1 Å². The average Bonchev–Trinajstić information content (AvgIpc) is 2.85. The molecular formula is C13H16N2O3S2. The first kappa shape index (κ1) is 14.9. The molecule has 2 rings (SSSR count). The number of thiophene rings is 1. The van der Waals surface area contributed by atoms with Gasteiger partial charge in [0.15, 0.2) is 4.77 Å². The zero-order valence-corrected chi connectivity index (χ0v) is 13.2. The van der Waals surface area contributed by atoms with Crippen molar-refractivity contribution in [3.8, 4) is 0 Å². The SMILES string of the molecule is CCc1cc2c(=O)n(C(CC)C(=O)OC)c(=S)[nH]c2s1. The number of methoxy groups -OCH3 is 1. The van der Waals surface area contributed by atoms with E-state index in [1.165, 1.54) is 23.0 Å². The molecule has 0 aliphatic heterocycles. The van der Waals surface area contributed by atoms with Gasteiger partial charge in [-0.2, -0.15) is 0 Å². The van der Waals surface area contributed by atoms with Gasteiger partial charge >= 0.3 is 5.97 Å². The van der Waals surface area contributed by atoms with Crippen molar-refractivity contribution in [1.29, 1.82) is 0 Å². The summed E-state index contributed by atoms with van der Waals surface area (Å²) in [6, 6.07) is 1.17. The van der Waals surface area contributed by atoms with Crippen molar-refractivity contribution in [3.05, 3.63) is 26.1 Å². The van der Waals surface area contributed by atoms with Crippen LogP contribution in [0.1, 0.15) is 31.2 Å². The number of nitrogens with one attached hydrogen (secondary N) is 1. The van der Waals surface area contributed by atoms with Crippen molar-refractivity contribution < 1.29 is 9.53 Å². The summed E-state index contributed by atoms with van der Waals surface area (Å²) in [6.07, 6.45) is 1.30. The molecule has 2 heterocycles. The summed E-state index contributed by atoms with van der Waals surface area (Å²) < 4.78 is 6.32. The van der Waals surface area contributed by atoms with E-state index in [1.54, 1.807) is 0 Å². The molecule has 0 saturated carbocycles. The van der Waals surface area contributed by atoms with Crippen LogP contribution in [0.2, 0.25) is 0 Å². The van der Waals surface area contributed by atoms with Gasteiger partial charge in [-0.1, -0.05) is 13.8 Å². The van der Waals surface area contributed by atoms with Crippen LogP contribution in [0.25, 0.3) is 10.2 Å². The van der Waals surface area contributed by atoms with E-state index in [9.17, 15) is 9.59 Å². The third-order valence-electron chi connectivity index (χ3n) is 3.19. The fourth-order valence-corrected chi connectivity index (χ4v) is 3.49. The van der Waals surface area contributed by atoms with Gasteiger partial charge in [0.25, 0.3) is 5.56 Å². The fourth-order valence-electron chi connectivity index (χ4n) is 2.12. The van der Waals surface area contributed by atoms with Crippen LogP contribution in [0.4, 0.5) is 0 Å². The van der Waals surface area contributed by atoms with Gasteiger partial charge in [0.2, 0.25) is 0 Å². The van der Waals surface area contributed by atoms with Crippen molar-refractivity contribution in [3.63, 3.8) is 0 Å². The minimum absolute atomic E-state index is 0.239. The first-order chi connectivity index (χ1) is 9.53. The fraction of sp³-hybridized carbons (Fsp3) is 0.462. The number of aryl methyl sites for hydroxylation is 1. The van der Waals surface area contributed by atoms with Gasteiger partial charge in [0.1, 0.15) is 10.9 Å². The third-order valence-corrected chi connectivity index (χ3v) is 4.69. The van der Waals surface area contributed by atoms with Gasteiger partial charge in [-0.25, -0.2) is 4.79 Å². The number of rotatable bonds is 4. The number of hydrogen-bond donors (Lipinski definition) is 1. The van der Waals surface area contributed by atoms with E-state index in [4.69, 9.17) is 17.0 Å². The molecule has 0 spiro atoms. The number of nitrogens with zero attached hydrogens (tertiary/aromatic N) is 1. The van der Waals surface area contributed by atoms with Gasteiger partial charge < -0.3 is 9.72 Å². The molecule has 20 heavy (non-hydrogen) atoms. The van der Waals surface area contributed by atoms with E-state index in [0.29, 0.717) is 11.8 Å². The lowest BCUT2D eigenvalue weighted by molar-refractivity contribution is -0.144. The summed E-state index contributed by atoms with van der Waals surface area (Å²) in [7, 11) is 1.31. The first-order valence-corrected chi connectivity index (χ1v) is 7.61. The molecule has 0 saturated heterocycles. The molecule has 108 valence electrons. The van der Waals surface area contributed by atoms with Crippen LogP contribution in [0, 0.1) is 4.77 Å². The highest BCUT2D eigenvalue weighted by atomic mass is 32.1. The quantitative estimate of drug-likeness (QED) is 0.696. The summed E-state index contributed by atoms with van der Waals surface area (Å²) >= 11 is 6.74. The number of fused-ring (bicyclic) bond motifs is 1. The normalized spacial score (nSPS) is 12.6. The number of aromatic amines is 1. The minimum Gasteiger partial charge on any atom is -0.467 e. The molecule has 0 fully saturated rings.